The van der Waals surface area contributed by atoms with E-state index >= 15 is 0 Å². The second-order valence-corrected chi connectivity index (χ2v) is 5.84. The Balaban J connectivity index is 1.79. The summed E-state index contributed by atoms with van der Waals surface area (Å²) < 4.78 is 5.31. The van der Waals surface area contributed by atoms with Gasteiger partial charge in [0, 0.05) is 17.9 Å². The molecule has 0 fully saturated rings. The van der Waals surface area contributed by atoms with Gasteiger partial charge in [-0.3, -0.25) is 4.79 Å². The number of ether oxygens (including phenoxy) is 1. The van der Waals surface area contributed by atoms with E-state index < -0.39 is 5.54 Å². The maximum atomic E-state index is 13.0. The molecule has 0 unspecified atom stereocenters. The van der Waals surface area contributed by atoms with Gasteiger partial charge in [0.2, 0.25) is 0 Å². The van der Waals surface area contributed by atoms with Crippen LogP contribution in [0.4, 0.5) is 0 Å². The molecule has 0 radical (unpaired) electrons. The Kier molecular flexibility index (Phi) is 2.86. The van der Waals surface area contributed by atoms with Crippen LogP contribution in [0.25, 0.3) is 0 Å². The highest BCUT2D eigenvalue weighted by Crippen LogP contribution is 2.46. The lowest BCUT2D eigenvalue weighted by Gasteiger charge is -2.25. The molecule has 22 heavy (non-hydrogen) atoms. The van der Waals surface area contributed by atoms with Gasteiger partial charge in [-0.1, -0.05) is 36.4 Å². The summed E-state index contributed by atoms with van der Waals surface area (Å²) >= 11 is 0. The smallest absolute Gasteiger partial charge is 0.193 e. The Labute approximate surface area is 128 Å². The standard InChI is InChI=1S/C18H16N2O2/c1-22-14-7-4-6-12(9-14)16-11-19-20-18(16)10-13-5-2-3-8-15(13)17(18)21/h2-9,16H,10-11H2,1H3/t16-,18+/m0/s1. The first-order valence-corrected chi connectivity index (χ1v) is 7.40. The van der Waals surface area contributed by atoms with Crippen LogP contribution in [0.1, 0.15) is 27.4 Å². The highest BCUT2D eigenvalue weighted by atomic mass is 16.5. The van der Waals surface area contributed by atoms with Crippen LogP contribution in [0, 0.1) is 0 Å². The first-order chi connectivity index (χ1) is 10.7. The normalized spacial score (nSPS) is 25.7. The zero-order valence-corrected chi connectivity index (χ0v) is 12.3. The maximum Gasteiger partial charge on any atom is 0.193 e. The van der Waals surface area contributed by atoms with Crippen molar-refractivity contribution in [1.29, 1.82) is 0 Å². The van der Waals surface area contributed by atoms with Crippen molar-refractivity contribution in [2.45, 2.75) is 17.9 Å². The van der Waals surface area contributed by atoms with Crippen molar-refractivity contribution >= 4 is 5.78 Å². The summed E-state index contributed by atoms with van der Waals surface area (Å²) in [4.78, 5) is 13.0. The summed E-state index contributed by atoms with van der Waals surface area (Å²) in [6.07, 6.45) is 0.632. The molecule has 4 heteroatoms. The Morgan fingerprint density at radius 2 is 2.05 bits per heavy atom. The van der Waals surface area contributed by atoms with Crippen molar-refractivity contribution in [2.24, 2.45) is 10.2 Å². The minimum Gasteiger partial charge on any atom is -0.497 e. The summed E-state index contributed by atoms with van der Waals surface area (Å²) in [5, 5.41) is 8.64. The van der Waals surface area contributed by atoms with Crippen LogP contribution < -0.4 is 4.74 Å². The van der Waals surface area contributed by atoms with Crippen molar-refractivity contribution in [3.8, 4) is 5.75 Å². The molecule has 1 heterocycles. The molecule has 0 aromatic heterocycles. The summed E-state index contributed by atoms with van der Waals surface area (Å²) in [5.41, 5.74) is 2.15. The van der Waals surface area contributed by atoms with Crippen LogP contribution in [-0.4, -0.2) is 25.0 Å². The van der Waals surface area contributed by atoms with Crippen molar-refractivity contribution in [1.82, 2.24) is 0 Å². The van der Waals surface area contributed by atoms with Gasteiger partial charge in [-0.2, -0.15) is 10.2 Å². The average Bonchev–Trinajstić information content (AvgIpc) is 3.11. The van der Waals surface area contributed by atoms with Crippen molar-refractivity contribution in [3.05, 3.63) is 65.2 Å². The predicted octanol–water partition coefficient (Wildman–Crippen LogP) is 3.42. The van der Waals surface area contributed by atoms with Crippen LogP contribution in [0.5, 0.6) is 5.75 Å². The molecule has 0 saturated heterocycles. The minimum absolute atomic E-state index is 0.0255. The third kappa shape index (κ3) is 1.73. The van der Waals surface area contributed by atoms with Crippen molar-refractivity contribution in [2.75, 3.05) is 13.7 Å². The molecule has 1 spiro atoms. The zero-order valence-electron chi connectivity index (χ0n) is 12.3. The number of ketones is 1. The van der Waals surface area contributed by atoms with E-state index in [-0.39, 0.29) is 11.7 Å². The van der Waals surface area contributed by atoms with Crippen LogP contribution in [0.3, 0.4) is 0 Å². The fourth-order valence-electron chi connectivity index (χ4n) is 3.57. The largest absolute Gasteiger partial charge is 0.497 e. The quantitative estimate of drug-likeness (QED) is 0.851. The molecule has 2 aliphatic rings. The van der Waals surface area contributed by atoms with Gasteiger partial charge in [-0.25, -0.2) is 0 Å². The van der Waals surface area contributed by atoms with Gasteiger partial charge >= 0.3 is 0 Å². The van der Waals surface area contributed by atoms with Crippen LogP contribution >= 0.6 is 0 Å². The minimum atomic E-state index is -0.768. The molecule has 2 aromatic rings. The molecule has 4 rings (SSSR count). The maximum absolute atomic E-state index is 13.0. The third-order valence-corrected chi connectivity index (χ3v) is 4.70. The summed E-state index contributed by atoms with van der Waals surface area (Å²) in [6, 6.07) is 15.7. The Morgan fingerprint density at radius 1 is 1.18 bits per heavy atom. The number of methoxy groups -OCH3 is 1. The van der Waals surface area contributed by atoms with E-state index in [0.717, 1.165) is 22.4 Å². The summed E-state index contributed by atoms with van der Waals surface area (Å²) in [7, 11) is 1.65. The molecule has 0 saturated carbocycles. The summed E-state index contributed by atoms with van der Waals surface area (Å²) in [6.45, 7) is 0.549. The molecule has 4 nitrogen and oxygen atoms in total. The van der Waals surface area contributed by atoms with Gasteiger partial charge in [0.15, 0.2) is 11.3 Å². The van der Waals surface area contributed by atoms with Crippen LogP contribution in [0.15, 0.2) is 58.8 Å². The molecule has 0 N–H and O–H groups in total. The van der Waals surface area contributed by atoms with E-state index in [0.29, 0.717) is 13.0 Å². The van der Waals surface area contributed by atoms with Gasteiger partial charge in [0.05, 0.1) is 13.7 Å². The highest BCUT2D eigenvalue weighted by Gasteiger charge is 2.54. The van der Waals surface area contributed by atoms with E-state index in [1.807, 2.05) is 48.5 Å². The third-order valence-electron chi connectivity index (χ3n) is 4.70. The molecular formula is C18H16N2O2. The molecule has 1 aliphatic carbocycles. The highest BCUT2D eigenvalue weighted by molar-refractivity contribution is 6.08. The number of fused-ring (bicyclic) bond motifs is 1. The van der Waals surface area contributed by atoms with Crippen molar-refractivity contribution < 1.29 is 9.53 Å². The first kappa shape index (κ1) is 13.2. The Hall–Kier alpha value is -2.49. The molecule has 110 valence electrons. The molecule has 0 amide bonds. The Bertz CT molecular complexity index is 784. The number of carbonyl (C=O) groups is 1. The number of rotatable bonds is 2. The summed E-state index contributed by atoms with van der Waals surface area (Å²) in [5.74, 6) is 0.863. The van der Waals surface area contributed by atoms with E-state index in [2.05, 4.69) is 10.2 Å². The number of hydrogen-bond acceptors (Lipinski definition) is 4. The lowest BCUT2D eigenvalue weighted by atomic mass is 9.78. The number of azo groups is 1. The van der Waals surface area contributed by atoms with Gasteiger partial charge in [-0.05, 0) is 23.3 Å². The zero-order chi connectivity index (χ0) is 15.2. The molecular weight excluding hydrogens is 276 g/mol. The van der Waals surface area contributed by atoms with E-state index in [1.54, 1.807) is 7.11 Å². The average molecular weight is 292 g/mol. The van der Waals surface area contributed by atoms with Crippen LogP contribution in [-0.2, 0) is 6.42 Å². The fourth-order valence-corrected chi connectivity index (χ4v) is 3.57. The van der Waals surface area contributed by atoms with Crippen molar-refractivity contribution in [3.63, 3.8) is 0 Å². The molecule has 2 aromatic carbocycles. The lowest BCUT2D eigenvalue weighted by Crippen LogP contribution is -2.38. The van der Waals surface area contributed by atoms with E-state index in [1.165, 1.54) is 0 Å². The van der Waals surface area contributed by atoms with E-state index in [4.69, 9.17) is 4.74 Å². The molecule has 1 aliphatic heterocycles. The Morgan fingerprint density at radius 3 is 2.86 bits per heavy atom. The lowest BCUT2D eigenvalue weighted by molar-refractivity contribution is 0.0897. The van der Waals surface area contributed by atoms with Crippen LogP contribution in [0.2, 0.25) is 0 Å². The molecule has 2 atom stereocenters. The first-order valence-electron chi connectivity index (χ1n) is 7.40. The van der Waals surface area contributed by atoms with E-state index in [9.17, 15) is 4.79 Å². The number of hydrogen-bond donors (Lipinski definition) is 0. The predicted molar refractivity (Wildman–Crippen MR) is 82.7 cm³/mol. The molecule has 0 bridgehead atoms. The van der Waals surface area contributed by atoms with Gasteiger partial charge in [0.25, 0.3) is 0 Å². The number of carbonyl (C=O) groups excluding carboxylic acids is 1. The number of nitrogens with zero attached hydrogens (tertiary/aromatic N) is 2. The second-order valence-electron chi connectivity index (χ2n) is 5.84. The number of Topliss-reactive ketones (excluding diaryl/α,β-unsaturated/α-hetero) is 1. The van der Waals surface area contributed by atoms with Gasteiger partial charge in [-0.15, -0.1) is 0 Å². The second kappa shape index (κ2) is 4.77. The van der Waals surface area contributed by atoms with Gasteiger partial charge < -0.3 is 4.74 Å². The monoisotopic (exact) mass is 292 g/mol. The topological polar surface area (TPSA) is 51.0 Å². The SMILES string of the molecule is COc1cccc([C@@H]2CN=N[C@]23Cc2ccccc2C3=O)c1. The van der Waals surface area contributed by atoms with Gasteiger partial charge in [0.1, 0.15) is 5.75 Å². The fraction of sp³-hybridized carbons (Fsp3) is 0.278. The number of benzene rings is 2.